The van der Waals surface area contributed by atoms with Crippen LogP contribution in [0.25, 0.3) is 11.5 Å². The van der Waals surface area contributed by atoms with Gasteiger partial charge in [0.1, 0.15) is 5.69 Å². The Balaban J connectivity index is 2.08. The lowest BCUT2D eigenvalue weighted by Crippen LogP contribution is -2.01. The Labute approximate surface area is 121 Å². The maximum Gasteiger partial charge on any atom is 0.179 e. The average Bonchev–Trinajstić information content (AvgIpc) is 3.14. The first-order chi connectivity index (χ1) is 8.65. The third-order valence-corrected chi connectivity index (χ3v) is 3.87. The highest BCUT2D eigenvalue weighted by Gasteiger charge is 2.28. The molecule has 0 aromatic carbocycles. The van der Waals surface area contributed by atoms with Crippen LogP contribution in [0.3, 0.4) is 0 Å². The lowest BCUT2D eigenvalue weighted by molar-refractivity contribution is 0.992. The van der Waals surface area contributed by atoms with Crippen LogP contribution in [0.5, 0.6) is 0 Å². The summed E-state index contributed by atoms with van der Waals surface area (Å²) in [7, 11) is 0. The number of nitrogens with zero attached hydrogens (tertiary/aromatic N) is 3. The molecule has 2 aromatic heterocycles. The van der Waals surface area contributed by atoms with E-state index in [0.717, 1.165) is 33.2 Å². The minimum atomic E-state index is 0.501. The van der Waals surface area contributed by atoms with Crippen molar-refractivity contribution in [1.29, 1.82) is 0 Å². The van der Waals surface area contributed by atoms with Crippen molar-refractivity contribution in [1.82, 2.24) is 15.0 Å². The predicted octanol–water partition coefficient (Wildman–Crippen LogP) is 3.52. The van der Waals surface area contributed by atoms with E-state index in [1.807, 2.05) is 6.07 Å². The Bertz CT molecular complexity index is 611. The van der Waals surface area contributed by atoms with Crippen LogP contribution >= 0.6 is 31.9 Å². The molecule has 2 heterocycles. The van der Waals surface area contributed by atoms with E-state index in [0.29, 0.717) is 17.4 Å². The topological polar surface area (TPSA) is 64.7 Å². The largest absolute Gasteiger partial charge is 0.396 e. The first kappa shape index (κ1) is 12.0. The minimum absolute atomic E-state index is 0.501. The van der Waals surface area contributed by atoms with Crippen molar-refractivity contribution in [3.8, 4) is 11.5 Å². The van der Waals surface area contributed by atoms with E-state index in [2.05, 4.69) is 46.8 Å². The van der Waals surface area contributed by atoms with Crippen molar-refractivity contribution in [2.24, 2.45) is 0 Å². The molecule has 0 unspecified atom stereocenters. The zero-order valence-corrected chi connectivity index (χ0v) is 12.6. The van der Waals surface area contributed by atoms with Crippen molar-refractivity contribution < 1.29 is 0 Å². The fraction of sp³-hybridized carbons (Fsp3) is 0.250. The molecule has 92 valence electrons. The van der Waals surface area contributed by atoms with Gasteiger partial charge in [-0.3, -0.25) is 4.98 Å². The number of hydrogen-bond acceptors (Lipinski definition) is 4. The van der Waals surface area contributed by atoms with Crippen LogP contribution in [0.1, 0.15) is 24.5 Å². The minimum Gasteiger partial charge on any atom is -0.396 e. The molecular weight excluding hydrogens is 360 g/mol. The lowest BCUT2D eigenvalue weighted by Gasteiger charge is -2.07. The number of pyridine rings is 1. The first-order valence-electron chi connectivity index (χ1n) is 5.59. The summed E-state index contributed by atoms with van der Waals surface area (Å²) in [6.45, 7) is 0. The fourth-order valence-electron chi connectivity index (χ4n) is 1.78. The number of aromatic nitrogens is 3. The summed E-state index contributed by atoms with van der Waals surface area (Å²) >= 11 is 6.85. The highest BCUT2D eigenvalue weighted by atomic mass is 79.9. The molecule has 18 heavy (non-hydrogen) atoms. The maximum atomic E-state index is 5.91. The summed E-state index contributed by atoms with van der Waals surface area (Å²) in [5.74, 6) is 1.12. The van der Waals surface area contributed by atoms with Crippen molar-refractivity contribution in [2.75, 3.05) is 5.73 Å². The van der Waals surface area contributed by atoms with E-state index in [1.54, 1.807) is 12.4 Å². The van der Waals surface area contributed by atoms with Gasteiger partial charge in [-0.25, -0.2) is 9.97 Å². The van der Waals surface area contributed by atoms with Gasteiger partial charge in [0.2, 0.25) is 0 Å². The van der Waals surface area contributed by atoms with Crippen LogP contribution in [0.15, 0.2) is 27.4 Å². The van der Waals surface area contributed by atoms with Crippen LogP contribution in [-0.4, -0.2) is 15.0 Å². The van der Waals surface area contributed by atoms with E-state index in [9.17, 15) is 0 Å². The molecule has 0 saturated heterocycles. The molecule has 2 aromatic rings. The van der Waals surface area contributed by atoms with Crippen molar-refractivity contribution in [2.45, 2.75) is 18.8 Å². The second-order valence-corrected chi connectivity index (χ2v) is 6.06. The van der Waals surface area contributed by atoms with E-state index >= 15 is 0 Å². The van der Waals surface area contributed by atoms with Crippen molar-refractivity contribution >= 4 is 37.5 Å². The molecule has 3 rings (SSSR count). The van der Waals surface area contributed by atoms with Gasteiger partial charge in [-0.1, -0.05) is 0 Å². The van der Waals surface area contributed by atoms with Gasteiger partial charge in [-0.2, -0.15) is 0 Å². The summed E-state index contributed by atoms with van der Waals surface area (Å²) in [4.78, 5) is 13.2. The smallest absolute Gasteiger partial charge is 0.179 e. The van der Waals surface area contributed by atoms with E-state index in [4.69, 9.17) is 5.73 Å². The molecule has 0 spiro atoms. The summed E-state index contributed by atoms with van der Waals surface area (Å²) in [6, 6.07) is 1.93. The maximum absolute atomic E-state index is 5.91. The van der Waals surface area contributed by atoms with Crippen LogP contribution in [0.4, 0.5) is 5.69 Å². The van der Waals surface area contributed by atoms with E-state index in [-0.39, 0.29) is 0 Å². The monoisotopic (exact) mass is 368 g/mol. The van der Waals surface area contributed by atoms with Crippen LogP contribution in [0.2, 0.25) is 0 Å². The Morgan fingerprint density at radius 1 is 1.17 bits per heavy atom. The third-order valence-electron chi connectivity index (χ3n) is 2.83. The summed E-state index contributed by atoms with van der Waals surface area (Å²) in [5, 5.41) is 0. The fourth-order valence-corrected chi connectivity index (χ4v) is 2.95. The molecule has 0 amide bonds. The molecule has 0 atom stereocenters. The highest BCUT2D eigenvalue weighted by Crippen LogP contribution is 2.42. The molecule has 1 fully saturated rings. The Morgan fingerprint density at radius 3 is 2.61 bits per heavy atom. The first-order valence-corrected chi connectivity index (χ1v) is 7.17. The van der Waals surface area contributed by atoms with Crippen LogP contribution in [0, 0.1) is 0 Å². The highest BCUT2D eigenvalue weighted by molar-refractivity contribution is 9.11. The molecule has 4 nitrogen and oxygen atoms in total. The van der Waals surface area contributed by atoms with Crippen molar-refractivity contribution in [3.05, 3.63) is 33.1 Å². The van der Waals surface area contributed by atoms with Crippen molar-refractivity contribution in [3.63, 3.8) is 0 Å². The zero-order chi connectivity index (χ0) is 12.7. The van der Waals surface area contributed by atoms with Gasteiger partial charge in [-0.15, -0.1) is 0 Å². The normalized spacial score (nSPS) is 14.8. The molecule has 1 aliphatic rings. The SMILES string of the molecule is Nc1cnc(-c2ncc(Br)cc2Br)nc1C1CC1. The zero-order valence-electron chi connectivity index (χ0n) is 9.40. The predicted molar refractivity (Wildman–Crippen MR) is 77.1 cm³/mol. The van der Waals surface area contributed by atoms with Gasteiger partial charge in [0.25, 0.3) is 0 Å². The van der Waals surface area contributed by atoms with Gasteiger partial charge in [0.15, 0.2) is 5.82 Å². The standard InChI is InChI=1S/C12H10Br2N4/c13-7-3-8(14)11(16-4-7)12-17-5-9(15)10(18-12)6-1-2-6/h3-6H,1-2,15H2. The second kappa shape index (κ2) is 4.59. The van der Waals surface area contributed by atoms with Gasteiger partial charge >= 0.3 is 0 Å². The number of rotatable bonds is 2. The summed E-state index contributed by atoms with van der Waals surface area (Å²) in [5.41, 5.74) is 8.27. The number of hydrogen-bond donors (Lipinski definition) is 1. The summed E-state index contributed by atoms with van der Waals surface area (Å²) < 4.78 is 1.78. The number of halogens is 2. The van der Waals surface area contributed by atoms with Gasteiger partial charge < -0.3 is 5.73 Å². The molecule has 6 heteroatoms. The van der Waals surface area contributed by atoms with E-state index < -0.39 is 0 Å². The molecular formula is C12H10Br2N4. The molecule has 0 aliphatic heterocycles. The molecule has 0 radical (unpaired) electrons. The quantitative estimate of drug-likeness (QED) is 0.879. The summed E-state index contributed by atoms with van der Waals surface area (Å²) in [6.07, 6.45) is 5.73. The van der Waals surface area contributed by atoms with Gasteiger partial charge in [-0.05, 0) is 50.8 Å². The second-order valence-electron chi connectivity index (χ2n) is 4.29. The molecule has 1 saturated carbocycles. The molecule has 2 N–H and O–H groups in total. The third kappa shape index (κ3) is 2.27. The van der Waals surface area contributed by atoms with Crippen LogP contribution < -0.4 is 5.73 Å². The number of nitrogen functional groups attached to an aromatic ring is 1. The number of anilines is 1. The van der Waals surface area contributed by atoms with Gasteiger partial charge in [0.05, 0.1) is 17.6 Å². The molecule has 0 bridgehead atoms. The lowest BCUT2D eigenvalue weighted by atomic mass is 10.2. The van der Waals surface area contributed by atoms with Crippen LogP contribution in [-0.2, 0) is 0 Å². The van der Waals surface area contributed by atoms with E-state index in [1.165, 1.54) is 0 Å². The van der Waals surface area contributed by atoms with Gasteiger partial charge in [0, 0.05) is 21.1 Å². The average molecular weight is 370 g/mol. The molecule has 1 aliphatic carbocycles. The Hall–Kier alpha value is -1.01. The number of nitrogens with two attached hydrogens (primary N) is 1. The Kier molecular flexibility index (Phi) is 3.07. The Morgan fingerprint density at radius 2 is 1.94 bits per heavy atom.